The van der Waals surface area contributed by atoms with E-state index in [1.54, 1.807) is 31.2 Å². The molecule has 2 amide bonds. The first kappa shape index (κ1) is 20.1. The van der Waals surface area contributed by atoms with Crippen LogP contribution in [0.1, 0.15) is 32.6 Å². The molecule has 1 aliphatic heterocycles. The molecular formula is C18H24ClN3O4S. The van der Waals surface area contributed by atoms with Crippen LogP contribution in [0.4, 0.5) is 5.69 Å². The van der Waals surface area contributed by atoms with Gasteiger partial charge in [0.15, 0.2) is 0 Å². The zero-order valence-electron chi connectivity index (χ0n) is 15.4. The molecule has 0 bridgehead atoms. The molecule has 1 N–H and O–H groups in total. The van der Waals surface area contributed by atoms with Crippen LogP contribution < -0.4 is 10.2 Å². The largest absolute Gasteiger partial charge is 0.351 e. The zero-order valence-corrected chi connectivity index (χ0v) is 17.0. The molecule has 3 rings (SSSR count). The van der Waals surface area contributed by atoms with E-state index >= 15 is 0 Å². The topological polar surface area (TPSA) is 86.8 Å². The number of piperazine rings is 1. The van der Waals surface area contributed by atoms with Gasteiger partial charge in [-0.3, -0.25) is 14.5 Å². The van der Waals surface area contributed by atoms with Crippen LogP contribution in [-0.2, 0) is 19.6 Å². The standard InChI is InChI=1S/C18H24ClN3O4S/c1-18(17(24)20-14-7-3-4-8-14)12-21(27(2,25)26)11-16(23)22(18)15-9-5-6-13(19)10-15/h5-6,9-10,14H,3-4,7-8,11-12H2,1-2H3,(H,20,24). The van der Waals surface area contributed by atoms with Crippen LogP contribution in [0.2, 0.25) is 5.02 Å². The van der Waals surface area contributed by atoms with Crippen molar-refractivity contribution in [1.82, 2.24) is 9.62 Å². The minimum Gasteiger partial charge on any atom is -0.351 e. The first-order chi connectivity index (χ1) is 12.6. The Balaban J connectivity index is 2.00. The van der Waals surface area contributed by atoms with Gasteiger partial charge in [-0.05, 0) is 38.0 Å². The Morgan fingerprint density at radius 3 is 2.56 bits per heavy atom. The fraction of sp³-hybridized carbons (Fsp3) is 0.556. The summed E-state index contributed by atoms with van der Waals surface area (Å²) in [6.45, 7) is 1.19. The van der Waals surface area contributed by atoms with Crippen LogP contribution in [-0.4, -0.2) is 55.5 Å². The summed E-state index contributed by atoms with van der Waals surface area (Å²) in [5, 5.41) is 3.44. The summed E-state index contributed by atoms with van der Waals surface area (Å²) in [5.41, 5.74) is -0.893. The molecule has 148 valence electrons. The van der Waals surface area contributed by atoms with Crippen molar-refractivity contribution in [1.29, 1.82) is 0 Å². The number of hydrogen-bond donors (Lipinski definition) is 1. The predicted molar refractivity (Wildman–Crippen MR) is 104 cm³/mol. The lowest BCUT2D eigenvalue weighted by molar-refractivity contribution is -0.133. The second kappa shape index (κ2) is 7.41. The van der Waals surface area contributed by atoms with E-state index < -0.39 is 21.5 Å². The Morgan fingerprint density at radius 1 is 1.30 bits per heavy atom. The second-order valence-electron chi connectivity index (χ2n) is 7.47. The lowest BCUT2D eigenvalue weighted by atomic mass is 9.94. The van der Waals surface area contributed by atoms with E-state index in [1.165, 1.54) is 4.90 Å². The number of amides is 2. The third-order valence-electron chi connectivity index (χ3n) is 5.25. The summed E-state index contributed by atoms with van der Waals surface area (Å²) >= 11 is 6.08. The first-order valence-corrected chi connectivity index (χ1v) is 11.2. The van der Waals surface area contributed by atoms with Crippen molar-refractivity contribution in [3.05, 3.63) is 29.3 Å². The van der Waals surface area contributed by atoms with Gasteiger partial charge < -0.3 is 5.32 Å². The number of hydrogen-bond acceptors (Lipinski definition) is 4. The van der Waals surface area contributed by atoms with Gasteiger partial charge in [0, 0.05) is 23.3 Å². The van der Waals surface area contributed by atoms with Crippen LogP contribution in [0, 0.1) is 0 Å². The van der Waals surface area contributed by atoms with Gasteiger partial charge in [-0.1, -0.05) is 30.5 Å². The van der Waals surface area contributed by atoms with Crippen LogP contribution in [0.3, 0.4) is 0 Å². The number of carbonyl (C=O) groups is 2. The summed E-state index contributed by atoms with van der Waals surface area (Å²) in [6.07, 6.45) is 4.93. The molecule has 1 heterocycles. The smallest absolute Gasteiger partial charge is 0.247 e. The Morgan fingerprint density at radius 2 is 1.96 bits per heavy atom. The van der Waals surface area contributed by atoms with Crippen LogP contribution in [0.15, 0.2) is 24.3 Å². The van der Waals surface area contributed by atoms with Crippen LogP contribution >= 0.6 is 11.6 Å². The molecule has 1 unspecified atom stereocenters. The predicted octanol–water partition coefficient (Wildman–Crippen LogP) is 1.77. The van der Waals surface area contributed by atoms with Crippen molar-refractivity contribution in [3.8, 4) is 0 Å². The molecule has 0 spiro atoms. The van der Waals surface area contributed by atoms with Crippen LogP contribution in [0.25, 0.3) is 0 Å². The Hall–Kier alpha value is -1.64. The van der Waals surface area contributed by atoms with Gasteiger partial charge >= 0.3 is 0 Å². The summed E-state index contributed by atoms with van der Waals surface area (Å²) in [4.78, 5) is 27.5. The van der Waals surface area contributed by atoms with E-state index in [-0.39, 0.29) is 25.0 Å². The SMILES string of the molecule is CC1(C(=O)NC2CCCC2)CN(S(C)(=O)=O)CC(=O)N1c1cccc(Cl)c1. The molecule has 7 nitrogen and oxygen atoms in total. The number of nitrogens with zero attached hydrogens (tertiary/aromatic N) is 2. The lowest BCUT2D eigenvalue weighted by Crippen LogP contribution is -2.70. The molecule has 0 radical (unpaired) electrons. The van der Waals surface area contributed by atoms with E-state index in [0.717, 1.165) is 36.2 Å². The molecule has 2 aliphatic rings. The van der Waals surface area contributed by atoms with E-state index in [1.807, 2.05) is 0 Å². The molecule has 1 atom stereocenters. The third-order valence-corrected chi connectivity index (χ3v) is 6.69. The number of halogens is 1. The molecule has 1 saturated carbocycles. The average Bonchev–Trinajstić information content (AvgIpc) is 3.06. The normalized spacial score (nSPS) is 25.0. The quantitative estimate of drug-likeness (QED) is 0.814. The molecular weight excluding hydrogens is 390 g/mol. The first-order valence-electron chi connectivity index (χ1n) is 8.96. The zero-order chi connectivity index (χ0) is 19.8. The molecule has 1 saturated heterocycles. The van der Waals surface area contributed by atoms with Gasteiger partial charge in [0.2, 0.25) is 21.8 Å². The highest BCUT2D eigenvalue weighted by atomic mass is 35.5. The highest BCUT2D eigenvalue weighted by molar-refractivity contribution is 7.88. The van der Waals surface area contributed by atoms with Gasteiger partial charge in [-0.2, -0.15) is 4.31 Å². The van der Waals surface area contributed by atoms with Crippen molar-refractivity contribution in [2.24, 2.45) is 0 Å². The number of nitrogens with one attached hydrogen (secondary N) is 1. The molecule has 1 aliphatic carbocycles. The molecule has 9 heteroatoms. The maximum Gasteiger partial charge on any atom is 0.247 e. The second-order valence-corrected chi connectivity index (χ2v) is 9.89. The van der Waals surface area contributed by atoms with Crippen molar-refractivity contribution in [2.75, 3.05) is 24.2 Å². The minimum atomic E-state index is -3.62. The Kier molecular flexibility index (Phi) is 5.52. The maximum atomic E-state index is 13.2. The summed E-state index contributed by atoms with van der Waals surface area (Å²) in [5.74, 6) is -0.811. The Labute approximate surface area is 164 Å². The highest BCUT2D eigenvalue weighted by Crippen LogP contribution is 2.32. The fourth-order valence-corrected chi connectivity index (χ4v) is 4.85. The Bertz CT molecular complexity index is 854. The van der Waals surface area contributed by atoms with Crippen LogP contribution in [0.5, 0.6) is 0 Å². The monoisotopic (exact) mass is 413 g/mol. The summed E-state index contributed by atoms with van der Waals surface area (Å²) in [6, 6.07) is 6.73. The van der Waals surface area contributed by atoms with Gasteiger partial charge in [-0.15, -0.1) is 0 Å². The molecule has 1 aromatic rings. The van der Waals surface area contributed by atoms with Crippen molar-refractivity contribution in [3.63, 3.8) is 0 Å². The molecule has 1 aromatic carbocycles. The molecule has 27 heavy (non-hydrogen) atoms. The maximum absolute atomic E-state index is 13.2. The fourth-order valence-electron chi connectivity index (χ4n) is 3.83. The summed E-state index contributed by atoms with van der Waals surface area (Å²) in [7, 11) is -3.62. The van der Waals surface area contributed by atoms with E-state index in [2.05, 4.69) is 5.32 Å². The lowest BCUT2D eigenvalue weighted by Gasteiger charge is -2.46. The van der Waals surface area contributed by atoms with E-state index in [4.69, 9.17) is 11.6 Å². The average molecular weight is 414 g/mol. The van der Waals surface area contributed by atoms with E-state index in [0.29, 0.717) is 10.7 Å². The van der Waals surface area contributed by atoms with Gasteiger partial charge in [0.25, 0.3) is 0 Å². The number of sulfonamides is 1. The molecule has 0 aromatic heterocycles. The van der Waals surface area contributed by atoms with Crippen molar-refractivity contribution < 1.29 is 18.0 Å². The summed E-state index contributed by atoms with van der Waals surface area (Å²) < 4.78 is 25.2. The van der Waals surface area contributed by atoms with Gasteiger partial charge in [-0.25, -0.2) is 8.42 Å². The van der Waals surface area contributed by atoms with Crippen molar-refractivity contribution >= 4 is 39.1 Å². The number of anilines is 1. The van der Waals surface area contributed by atoms with Crippen molar-refractivity contribution in [2.45, 2.75) is 44.2 Å². The van der Waals surface area contributed by atoms with Gasteiger partial charge in [0.1, 0.15) is 5.54 Å². The van der Waals surface area contributed by atoms with E-state index in [9.17, 15) is 18.0 Å². The highest BCUT2D eigenvalue weighted by Gasteiger charge is 2.50. The minimum absolute atomic E-state index is 0.0549. The third kappa shape index (κ3) is 4.12. The number of carbonyl (C=O) groups excluding carboxylic acids is 2. The van der Waals surface area contributed by atoms with Gasteiger partial charge in [0.05, 0.1) is 12.8 Å². The number of benzene rings is 1. The number of rotatable bonds is 4. The molecule has 2 fully saturated rings.